The van der Waals surface area contributed by atoms with Crippen LogP contribution in [0.15, 0.2) is 60.9 Å². The van der Waals surface area contributed by atoms with E-state index in [9.17, 15) is 24.0 Å². The van der Waals surface area contributed by atoms with Crippen LogP contribution in [0.5, 0.6) is 5.75 Å². The quantitative estimate of drug-likeness (QED) is 0.274. The lowest BCUT2D eigenvalue weighted by molar-refractivity contribution is -0.141. The monoisotopic (exact) mass is 701 g/mol. The summed E-state index contributed by atoms with van der Waals surface area (Å²) in [7, 11) is 1.49. The first-order valence-electron chi connectivity index (χ1n) is 17.2. The summed E-state index contributed by atoms with van der Waals surface area (Å²) >= 11 is 0. The lowest BCUT2D eigenvalue weighted by Crippen LogP contribution is -2.56. The predicted molar refractivity (Wildman–Crippen MR) is 188 cm³/mol. The summed E-state index contributed by atoms with van der Waals surface area (Å²) in [6.07, 6.45) is 1.99. The smallest absolute Gasteiger partial charge is 0.274 e. The largest absolute Gasteiger partial charge is 0.484 e. The van der Waals surface area contributed by atoms with Crippen molar-refractivity contribution >= 4 is 29.5 Å². The van der Waals surface area contributed by atoms with Crippen molar-refractivity contribution in [2.75, 3.05) is 46.5 Å². The average molecular weight is 702 g/mol. The van der Waals surface area contributed by atoms with Crippen molar-refractivity contribution < 1.29 is 33.4 Å². The summed E-state index contributed by atoms with van der Waals surface area (Å²) in [6.45, 7) is 5.66. The van der Waals surface area contributed by atoms with Gasteiger partial charge >= 0.3 is 0 Å². The maximum Gasteiger partial charge on any atom is 0.274 e. The summed E-state index contributed by atoms with van der Waals surface area (Å²) in [4.78, 5) is 78.7. The number of likely N-dealkylation sites (tertiary alicyclic amines) is 1. The molecular weight excluding hydrogens is 654 g/mol. The van der Waals surface area contributed by atoms with E-state index in [1.165, 1.54) is 18.3 Å². The predicted octanol–water partition coefficient (Wildman–Crippen LogP) is 1.57. The Kier molecular flexibility index (Phi) is 12.4. The molecule has 0 radical (unpaired) electrons. The number of fused-ring (bicyclic) bond motifs is 4. The van der Waals surface area contributed by atoms with Gasteiger partial charge in [-0.15, -0.1) is 0 Å². The third kappa shape index (κ3) is 9.72. The van der Waals surface area contributed by atoms with Crippen LogP contribution >= 0.6 is 0 Å². The molecule has 0 aliphatic carbocycles. The molecule has 51 heavy (non-hydrogen) atoms. The van der Waals surface area contributed by atoms with E-state index in [4.69, 9.17) is 9.47 Å². The molecule has 2 bridgehead atoms. The van der Waals surface area contributed by atoms with Crippen molar-refractivity contribution in [1.29, 1.82) is 0 Å². The Morgan fingerprint density at radius 3 is 2.45 bits per heavy atom. The number of carbonyl (C=O) groups excluding carboxylic acids is 5. The van der Waals surface area contributed by atoms with Crippen LogP contribution in [0.25, 0.3) is 0 Å². The second kappa shape index (κ2) is 17.1. The number of nitrogens with one attached hydrogen (secondary N) is 4. The van der Waals surface area contributed by atoms with Gasteiger partial charge in [0.2, 0.25) is 17.7 Å². The first-order valence-corrected chi connectivity index (χ1v) is 17.2. The van der Waals surface area contributed by atoms with Gasteiger partial charge in [-0.2, -0.15) is 0 Å². The number of H-pyrrole nitrogens is 1. The minimum atomic E-state index is -1.00. The number of imidazole rings is 1. The molecule has 14 nitrogen and oxygen atoms in total. The summed E-state index contributed by atoms with van der Waals surface area (Å²) < 4.78 is 11.1. The molecule has 2 aliphatic rings. The van der Waals surface area contributed by atoms with E-state index in [0.29, 0.717) is 23.6 Å². The van der Waals surface area contributed by atoms with Gasteiger partial charge < -0.3 is 40.2 Å². The number of benzene rings is 2. The second-order valence-electron chi connectivity index (χ2n) is 13.5. The number of aromatic amines is 1. The summed E-state index contributed by atoms with van der Waals surface area (Å²) in [5.74, 6) is -2.06. The molecule has 4 N–H and O–H groups in total. The van der Waals surface area contributed by atoms with E-state index >= 15 is 0 Å². The zero-order valence-corrected chi connectivity index (χ0v) is 29.5. The molecular formula is C37H47N7O7. The Bertz CT molecular complexity index is 1690. The number of aromatic nitrogens is 2. The van der Waals surface area contributed by atoms with Crippen molar-refractivity contribution in [1.82, 2.24) is 35.7 Å². The van der Waals surface area contributed by atoms with Gasteiger partial charge in [0, 0.05) is 44.8 Å². The summed E-state index contributed by atoms with van der Waals surface area (Å²) in [6, 6.07) is 14.1. The number of hydrogen-bond donors (Lipinski definition) is 4. The molecule has 272 valence electrons. The van der Waals surface area contributed by atoms with Crippen LogP contribution in [0.1, 0.15) is 53.5 Å². The Labute approximate surface area is 297 Å². The SMILES string of the molecule is COCCN1CC(=O)N[C@@H](Cc2ccccc2)C(=O)N[C@H]2CN(C(=O)c3nc[nH]c3C)C[C@@H]2c2cccc(c2)OCC(=O)N[C@H](CC(C)C)C1=O. The zero-order valence-electron chi connectivity index (χ0n) is 29.5. The van der Waals surface area contributed by atoms with Crippen molar-refractivity contribution in [3.05, 3.63) is 83.4 Å². The van der Waals surface area contributed by atoms with Gasteiger partial charge in [0.25, 0.3) is 11.8 Å². The number of nitrogens with zero attached hydrogens (tertiary/aromatic N) is 3. The van der Waals surface area contributed by atoms with E-state index in [1.807, 2.05) is 50.2 Å². The highest BCUT2D eigenvalue weighted by Gasteiger charge is 2.40. The molecule has 3 aromatic rings. The van der Waals surface area contributed by atoms with Crippen LogP contribution in [0, 0.1) is 12.8 Å². The van der Waals surface area contributed by atoms with Gasteiger partial charge in [0.1, 0.15) is 23.5 Å². The summed E-state index contributed by atoms with van der Waals surface area (Å²) in [5, 5.41) is 8.82. The first kappa shape index (κ1) is 37.0. The summed E-state index contributed by atoms with van der Waals surface area (Å²) in [5.41, 5.74) is 2.55. The Hall–Kier alpha value is -5.24. The Morgan fingerprint density at radius 2 is 1.75 bits per heavy atom. The van der Waals surface area contributed by atoms with Gasteiger partial charge in [-0.25, -0.2) is 4.98 Å². The van der Waals surface area contributed by atoms with Gasteiger partial charge in [-0.1, -0.05) is 56.3 Å². The van der Waals surface area contributed by atoms with E-state index < -0.39 is 41.8 Å². The molecule has 0 spiro atoms. The number of carbonyl (C=O) groups is 5. The van der Waals surface area contributed by atoms with Crippen molar-refractivity contribution in [2.45, 2.75) is 57.7 Å². The zero-order chi connectivity index (χ0) is 36.5. The maximum atomic E-state index is 14.2. The lowest BCUT2D eigenvalue weighted by Gasteiger charge is -2.29. The minimum Gasteiger partial charge on any atom is -0.484 e. The Balaban J connectivity index is 1.51. The number of hydrogen-bond acceptors (Lipinski definition) is 8. The van der Waals surface area contributed by atoms with Crippen molar-refractivity contribution in [3.63, 3.8) is 0 Å². The fourth-order valence-electron chi connectivity index (χ4n) is 6.54. The third-order valence-corrected chi connectivity index (χ3v) is 9.11. The highest BCUT2D eigenvalue weighted by molar-refractivity contribution is 5.94. The second-order valence-corrected chi connectivity index (χ2v) is 13.5. The molecule has 0 saturated carbocycles. The minimum absolute atomic E-state index is 0.0505. The van der Waals surface area contributed by atoms with Crippen molar-refractivity contribution in [3.8, 4) is 5.75 Å². The average Bonchev–Trinajstić information content (AvgIpc) is 3.74. The van der Waals surface area contributed by atoms with Crippen LogP contribution in [0.2, 0.25) is 0 Å². The number of rotatable bonds is 8. The van der Waals surface area contributed by atoms with E-state index in [0.717, 1.165) is 11.1 Å². The standard InChI is InChI=1S/C37H47N7O7/c1-23(2)15-30-36(48)43(13-14-50-4)20-32(45)40-29(16-25-9-6-5-7-10-25)35(47)42-31-19-44(37(49)34-24(3)38-22-39-34)18-28(31)26-11-8-12-27(17-26)51-21-33(46)41-30/h5-12,17,22-23,28-31H,13-16,18-21H2,1-4H3,(H,38,39)(H,40,45)(H,41,46)(H,42,47)/t28-,29+,30-,31+/m1/s1. The fraction of sp³-hybridized carbons (Fsp3) is 0.459. The third-order valence-electron chi connectivity index (χ3n) is 9.11. The van der Waals surface area contributed by atoms with Crippen LogP contribution in [-0.4, -0.2) is 114 Å². The number of amides is 5. The van der Waals surface area contributed by atoms with Gasteiger partial charge in [-0.05, 0) is 42.5 Å². The van der Waals surface area contributed by atoms with Crippen LogP contribution < -0.4 is 20.7 Å². The number of aryl methyl sites for hydroxylation is 1. The molecule has 3 heterocycles. The van der Waals surface area contributed by atoms with E-state index in [-0.39, 0.29) is 63.6 Å². The normalized spacial score (nSPS) is 22.0. The van der Waals surface area contributed by atoms with Crippen molar-refractivity contribution in [2.24, 2.45) is 5.92 Å². The molecule has 2 aromatic carbocycles. The highest BCUT2D eigenvalue weighted by Crippen LogP contribution is 2.31. The fourth-order valence-corrected chi connectivity index (χ4v) is 6.54. The molecule has 14 heteroatoms. The first-order chi connectivity index (χ1) is 24.5. The highest BCUT2D eigenvalue weighted by atomic mass is 16.5. The molecule has 1 aromatic heterocycles. The molecule has 0 unspecified atom stereocenters. The maximum absolute atomic E-state index is 14.2. The van der Waals surface area contributed by atoms with E-state index in [2.05, 4.69) is 25.9 Å². The lowest BCUT2D eigenvalue weighted by atomic mass is 9.93. The van der Waals surface area contributed by atoms with Gasteiger partial charge in [0.15, 0.2) is 6.61 Å². The molecule has 5 amide bonds. The topological polar surface area (TPSA) is 175 Å². The van der Waals surface area contributed by atoms with Gasteiger partial charge in [0.05, 0.1) is 25.5 Å². The number of methoxy groups -OCH3 is 1. The molecule has 4 atom stereocenters. The van der Waals surface area contributed by atoms with Crippen LogP contribution in [0.4, 0.5) is 0 Å². The van der Waals surface area contributed by atoms with Gasteiger partial charge in [-0.3, -0.25) is 24.0 Å². The van der Waals surface area contributed by atoms with Crippen LogP contribution in [0.3, 0.4) is 0 Å². The molecule has 5 rings (SSSR count). The molecule has 1 fully saturated rings. The number of ether oxygens (including phenoxy) is 2. The van der Waals surface area contributed by atoms with E-state index in [1.54, 1.807) is 30.0 Å². The molecule has 2 aliphatic heterocycles. The Morgan fingerprint density at radius 1 is 0.980 bits per heavy atom. The molecule has 1 saturated heterocycles. The van der Waals surface area contributed by atoms with Crippen LogP contribution in [-0.2, 0) is 30.3 Å².